The Morgan fingerprint density at radius 2 is 1.80 bits per heavy atom. The number of fused-ring (bicyclic) bond motifs is 1. The van der Waals surface area contributed by atoms with E-state index in [0.717, 1.165) is 5.56 Å². The number of nitrogens with one attached hydrogen (secondary N) is 2. The SMILES string of the molecule is CC(C)[C@H](N)C(=O)NCC(=O)Nc1cccc(-c2ccc3c(c2)OCCO3)n1.Cl.Cl. The van der Waals surface area contributed by atoms with E-state index < -0.39 is 6.04 Å². The number of carbonyl (C=O) groups is 2. The van der Waals surface area contributed by atoms with Gasteiger partial charge < -0.3 is 25.8 Å². The Hall–Kier alpha value is -2.55. The summed E-state index contributed by atoms with van der Waals surface area (Å²) in [7, 11) is 0. The number of nitrogens with zero attached hydrogens (tertiary/aromatic N) is 1. The lowest BCUT2D eigenvalue weighted by molar-refractivity contribution is -0.125. The van der Waals surface area contributed by atoms with Crippen molar-refractivity contribution in [3.63, 3.8) is 0 Å². The molecular formula is C20H26Cl2N4O4. The number of benzene rings is 1. The van der Waals surface area contributed by atoms with Crippen molar-refractivity contribution in [2.45, 2.75) is 19.9 Å². The molecule has 0 unspecified atom stereocenters. The second-order valence-electron chi connectivity index (χ2n) is 6.80. The van der Waals surface area contributed by atoms with E-state index in [9.17, 15) is 9.59 Å². The summed E-state index contributed by atoms with van der Waals surface area (Å²) in [4.78, 5) is 28.4. The summed E-state index contributed by atoms with van der Waals surface area (Å²) in [5.74, 6) is 1.02. The number of rotatable bonds is 6. The van der Waals surface area contributed by atoms with E-state index in [0.29, 0.717) is 36.2 Å². The van der Waals surface area contributed by atoms with Crippen LogP contribution in [0.4, 0.5) is 5.82 Å². The van der Waals surface area contributed by atoms with Crippen LogP contribution < -0.4 is 25.8 Å². The van der Waals surface area contributed by atoms with Gasteiger partial charge in [0.25, 0.3) is 0 Å². The number of amides is 2. The number of nitrogens with two attached hydrogens (primary N) is 1. The predicted molar refractivity (Wildman–Crippen MR) is 120 cm³/mol. The fourth-order valence-electron chi connectivity index (χ4n) is 2.64. The smallest absolute Gasteiger partial charge is 0.244 e. The van der Waals surface area contributed by atoms with Crippen LogP contribution in [0.15, 0.2) is 36.4 Å². The molecule has 1 aliphatic rings. The van der Waals surface area contributed by atoms with Crippen molar-refractivity contribution in [2.24, 2.45) is 11.7 Å². The summed E-state index contributed by atoms with van der Waals surface area (Å²) in [6.07, 6.45) is 0. The third-order valence-corrected chi connectivity index (χ3v) is 4.30. The van der Waals surface area contributed by atoms with Gasteiger partial charge in [0.2, 0.25) is 11.8 Å². The highest BCUT2D eigenvalue weighted by atomic mass is 35.5. The average molecular weight is 457 g/mol. The Labute approximate surface area is 187 Å². The van der Waals surface area contributed by atoms with Gasteiger partial charge in [-0.1, -0.05) is 19.9 Å². The van der Waals surface area contributed by atoms with E-state index in [1.807, 2.05) is 38.1 Å². The average Bonchev–Trinajstić information content (AvgIpc) is 2.71. The maximum Gasteiger partial charge on any atom is 0.244 e. The first-order chi connectivity index (χ1) is 13.4. The summed E-state index contributed by atoms with van der Waals surface area (Å²) < 4.78 is 11.1. The standard InChI is InChI=1S/C20H24N4O4.2ClH/c1-12(2)19(21)20(26)22-11-18(25)24-17-5-3-4-14(23-17)13-6-7-15-16(10-13)28-9-8-27-15;;/h3-7,10,12,19H,8-9,11,21H2,1-2H3,(H,22,26)(H,23,24,25);2*1H/t19-;;/m0../s1. The molecule has 0 spiro atoms. The molecular weight excluding hydrogens is 431 g/mol. The van der Waals surface area contributed by atoms with Crippen LogP contribution in [0.2, 0.25) is 0 Å². The molecule has 1 aromatic heterocycles. The quantitative estimate of drug-likeness (QED) is 0.614. The Bertz CT molecular complexity index is 880. The zero-order valence-electron chi connectivity index (χ0n) is 16.7. The second-order valence-corrected chi connectivity index (χ2v) is 6.80. The fraction of sp³-hybridized carbons (Fsp3) is 0.350. The van der Waals surface area contributed by atoms with Crippen LogP contribution in [-0.2, 0) is 9.59 Å². The van der Waals surface area contributed by atoms with Gasteiger partial charge in [-0.15, -0.1) is 24.8 Å². The van der Waals surface area contributed by atoms with E-state index in [-0.39, 0.29) is 49.1 Å². The second kappa shape index (κ2) is 11.6. The van der Waals surface area contributed by atoms with Crippen LogP contribution >= 0.6 is 24.8 Å². The van der Waals surface area contributed by atoms with E-state index in [1.54, 1.807) is 12.1 Å². The van der Waals surface area contributed by atoms with Gasteiger partial charge in [-0.25, -0.2) is 4.98 Å². The Morgan fingerprint density at radius 1 is 1.10 bits per heavy atom. The molecule has 0 saturated carbocycles. The Morgan fingerprint density at radius 3 is 2.50 bits per heavy atom. The minimum atomic E-state index is -0.649. The zero-order valence-corrected chi connectivity index (χ0v) is 18.3. The molecule has 30 heavy (non-hydrogen) atoms. The lowest BCUT2D eigenvalue weighted by Gasteiger charge is -2.18. The van der Waals surface area contributed by atoms with Gasteiger partial charge in [0.1, 0.15) is 19.0 Å². The summed E-state index contributed by atoms with van der Waals surface area (Å²) in [5, 5.41) is 5.21. The number of anilines is 1. The van der Waals surface area contributed by atoms with E-state index in [2.05, 4.69) is 15.6 Å². The molecule has 1 atom stereocenters. The highest BCUT2D eigenvalue weighted by Crippen LogP contribution is 2.34. The van der Waals surface area contributed by atoms with Crippen molar-refractivity contribution < 1.29 is 19.1 Å². The van der Waals surface area contributed by atoms with Crippen LogP contribution in [0.5, 0.6) is 11.5 Å². The maximum absolute atomic E-state index is 12.1. The van der Waals surface area contributed by atoms with Gasteiger partial charge in [-0.05, 0) is 36.2 Å². The van der Waals surface area contributed by atoms with E-state index >= 15 is 0 Å². The van der Waals surface area contributed by atoms with Crippen molar-refractivity contribution in [1.29, 1.82) is 0 Å². The number of aromatic nitrogens is 1. The van der Waals surface area contributed by atoms with Crippen molar-refractivity contribution >= 4 is 42.4 Å². The largest absolute Gasteiger partial charge is 0.486 e. The molecule has 2 aromatic rings. The minimum Gasteiger partial charge on any atom is -0.486 e. The molecule has 3 rings (SSSR count). The van der Waals surface area contributed by atoms with Gasteiger partial charge in [0, 0.05) is 5.56 Å². The Balaban J connectivity index is 0.00000225. The third-order valence-electron chi connectivity index (χ3n) is 4.30. The lowest BCUT2D eigenvalue weighted by Crippen LogP contribution is -2.46. The van der Waals surface area contributed by atoms with Gasteiger partial charge in [-0.2, -0.15) is 0 Å². The topological polar surface area (TPSA) is 116 Å². The first-order valence-corrected chi connectivity index (χ1v) is 9.14. The Kier molecular flexibility index (Phi) is 9.84. The van der Waals surface area contributed by atoms with Crippen LogP contribution in [0.25, 0.3) is 11.3 Å². The molecule has 0 aliphatic carbocycles. The van der Waals surface area contributed by atoms with E-state index in [4.69, 9.17) is 15.2 Å². The molecule has 0 saturated heterocycles. The molecule has 0 radical (unpaired) electrons. The molecule has 1 aromatic carbocycles. The first kappa shape index (κ1) is 25.5. The molecule has 8 nitrogen and oxygen atoms in total. The highest BCUT2D eigenvalue weighted by Gasteiger charge is 2.18. The number of halogens is 2. The third kappa shape index (κ3) is 6.48. The molecule has 10 heteroatoms. The summed E-state index contributed by atoms with van der Waals surface area (Å²) in [5.41, 5.74) is 7.28. The fourth-order valence-corrected chi connectivity index (χ4v) is 2.64. The predicted octanol–water partition coefficient (Wildman–Crippen LogP) is 2.40. The first-order valence-electron chi connectivity index (χ1n) is 9.14. The molecule has 164 valence electrons. The van der Waals surface area contributed by atoms with Gasteiger partial charge in [0.15, 0.2) is 11.5 Å². The van der Waals surface area contributed by atoms with E-state index in [1.165, 1.54) is 0 Å². The molecule has 0 bridgehead atoms. The maximum atomic E-state index is 12.1. The number of hydrogen-bond donors (Lipinski definition) is 3. The molecule has 2 heterocycles. The van der Waals surface area contributed by atoms with Gasteiger partial charge >= 0.3 is 0 Å². The summed E-state index contributed by atoms with van der Waals surface area (Å²) in [6.45, 7) is 4.56. The summed E-state index contributed by atoms with van der Waals surface area (Å²) >= 11 is 0. The number of hydrogen-bond acceptors (Lipinski definition) is 6. The molecule has 4 N–H and O–H groups in total. The highest BCUT2D eigenvalue weighted by molar-refractivity contribution is 5.94. The van der Waals surface area contributed by atoms with Gasteiger partial charge in [-0.3, -0.25) is 9.59 Å². The van der Waals surface area contributed by atoms with Crippen LogP contribution in [-0.4, -0.2) is 42.6 Å². The molecule has 1 aliphatic heterocycles. The van der Waals surface area contributed by atoms with Crippen LogP contribution in [0.1, 0.15) is 13.8 Å². The molecule has 2 amide bonds. The number of ether oxygens (including phenoxy) is 2. The van der Waals surface area contributed by atoms with Crippen LogP contribution in [0.3, 0.4) is 0 Å². The number of pyridine rings is 1. The lowest BCUT2D eigenvalue weighted by atomic mass is 10.1. The minimum absolute atomic E-state index is 0. The summed E-state index contributed by atoms with van der Waals surface area (Å²) in [6, 6.07) is 10.2. The van der Waals surface area contributed by atoms with Crippen molar-refractivity contribution in [3.8, 4) is 22.8 Å². The number of carbonyl (C=O) groups excluding carboxylic acids is 2. The van der Waals surface area contributed by atoms with Crippen molar-refractivity contribution in [2.75, 3.05) is 25.1 Å². The van der Waals surface area contributed by atoms with Crippen LogP contribution in [0, 0.1) is 5.92 Å². The van der Waals surface area contributed by atoms with Gasteiger partial charge in [0.05, 0.1) is 18.3 Å². The molecule has 0 fully saturated rings. The zero-order chi connectivity index (χ0) is 20.1. The van der Waals surface area contributed by atoms with Crippen molar-refractivity contribution in [1.82, 2.24) is 10.3 Å². The normalized spacial score (nSPS) is 12.8. The van der Waals surface area contributed by atoms with Crippen molar-refractivity contribution in [3.05, 3.63) is 36.4 Å². The monoisotopic (exact) mass is 456 g/mol.